The largest absolute Gasteiger partial charge is 0.496 e. The van der Waals surface area contributed by atoms with Gasteiger partial charge in [0.15, 0.2) is 6.61 Å². The van der Waals surface area contributed by atoms with Crippen molar-refractivity contribution < 1.29 is 23.9 Å². The molecule has 2 aliphatic heterocycles. The van der Waals surface area contributed by atoms with E-state index in [0.717, 1.165) is 25.7 Å². The van der Waals surface area contributed by atoms with Crippen LogP contribution in [0.3, 0.4) is 0 Å². The molecule has 5 rings (SSSR count). The second-order valence-corrected chi connectivity index (χ2v) is 8.81. The van der Waals surface area contributed by atoms with Crippen LogP contribution in [0.25, 0.3) is 0 Å². The van der Waals surface area contributed by atoms with Crippen LogP contribution >= 0.6 is 0 Å². The molecule has 2 N–H and O–H groups in total. The summed E-state index contributed by atoms with van der Waals surface area (Å²) in [6.45, 7) is -0.0242. The highest BCUT2D eigenvalue weighted by Crippen LogP contribution is 2.41. The maximum absolute atomic E-state index is 13.7. The van der Waals surface area contributed by atoms with Crippen molar-refractivity contribution in [3.05, 3.63) is 48.0 Å². The maximum atomic E-state index is 13.7. The van der Waals surface area contributed by atoms with Crippen molar-refractivity contribution in [2.24, 2.45) is 5.92 Å². The molecule has 0 bridgehead atoms. The van der Waals surface area contributed by atoms with Gasteiger partial charge in [-0.25, -0.2) is 0 Å². The summed E-state index contributed by atoms with van der Waals surface area (Å²) in [5.41, 5.74) is 1.54. The molecule has 33 heavy (non-hydrogen) atoms. The van der Waals surface area contributed by atoms with E-state index in [2.05, 4.69) is 10.6 Å². The molecule has 1 aliphatic carbocycles. The molecule has 8 heteroatoms. The Morgan fingerprint density at radius 1 is 1.15 bits per heavy atom. The highest BCUT2D eigenvalue weighted by molar-refractivity contribution is 6.03. The van der Waals surface area contributed by atoms with Crippen molar-refractivity contribution in [3.63, 3.8) is 0 Å². The number of benzene rings is 2. The van der Waals surface area contributed by atoms with Crippen molar-refractivity contribution >= 4 is 29.1 Å². The van der Waals surface area contributed by atoms with Gasteiger partial charge in [-0.05, 0) is 55.5 Å². The Bertz CT molecular complexity index is 1100. The number of ether oxygens (including phenoxy) is 2. The quantitative estimate of drug-likeness (QED) is 0.745. The minimum absolute atomic E-state index is 0.0242. The smallest absolute Gasteiger partial charge is 0.262 e. The van der Waals surface area contributed by atoms with E-state index in [0.29, 0.717) is 40.8 Å². The molecule has 3 unspecified atom stereocenters. The van der Waals surface area contributed by atoms with Crippen molar-refractivity contribution in [1.82, 2.24) is 4.90 Å². The monoisotopic (exact) mass is 449 g/mol. The Balaban J connectivity index is 1.41. The summed E-state index contributed by atoms with van der Waals surface area (Å²) in [5.74, 6) is 0.742. The van der Waals surface area contributed by atoms with Gasteiger partial charge < -0.3 is 25.0 Å². The topological polar surface area (TPSA) is 97.0 Å². The number of rotatable bonds is 4. The lowest BCUT2D eigenvalue weighted by molar-refractivity contribution is -0.120. The van der Waals surface area contributed by atoms with E-state index < -0.39 is 6.04 Å². The summed E-state index contributed by atoms with van der Waals surface area (Å²) in [6, 6.07) is 11.8. The Morgan fingerprint density at radius 2 is 1.97 bits per heavy atom. The molecule has 0 spiro atoms. The number of carbonyl (C=O) groups excluding carboxylic acids is 3. The van der Waals surface area contributed by atoms with E-state index in [4.69, 9.17) is 9.47 Å². The highest BCUT2D eigenvalue weighted by atomic mass is 16.5. The van der Waals surface area contributed by atoms with Gasteiger partial charge in [0, 0.05) is 11.7 Å². The standard InChI is InChI=1S/C25H27N3O5/c1-32-21-9-5-3-7-17(21)25(31)28-19-8-4-2-6-15(19)12-20(28)24(30)26-16-10-11-22-18(13-16)27-23(29)14-33-22/h3,5,7,9-11,13,15,19-20H,2,4,6,8,12,14H2,1H3,(H,26,30)(H,27,29). The molecule has 3 amide bonds. The lowest BCUT2D eigenvalue weighted by Gasteiger charge is -2.34. The van der Waals surface area contributed by atoms with Crippen LogP contribution < -0.4 is 20.1 Å². The average molecular weight is 450 g/mol. The van der Waals surface area contributed by atoms with Crippen molar-refractivity contribution in [2.45, 2.75) is 44.2 Å². The number of carbonyl (C=O) groups is 3. The molecule has 0 aromatic heterocycles. The summed E-state index contributed by atoms with van der Waals surface area (Å²) in [5, 5.41) is 5.70. The molecule has 2 heterocycles. The van der Waals surface area contributed by atoms with Gasteiger partial charge in [0.1, 0.15) is 17.5 Å². The van der Waals surface area contributed by atoms with Gasteiger partial charge >= 0.3 is 0 Å². The minimum atomic E-state index is -0.572. The number of hydrogen-bond donors (Lipinski definition) is 2. The first-order valence-corrected chi connectivity index (χ1v) is 11.4. The molecule has 3 atom stereocenters. The summed E-state index contributed by atoms with van der Waals surface area (Å²) >= 11 is 0. The van der Waals surface area contributed by atoms with E-state index in [9.17, 15) is 14.4 Å². The number of likely N-dealkylation sites (tertiary alicyclic amines) is 1. The molecule has 0 radical (unpaired) electrons. The second kappa shape index (κ2) is 8.77. The van der Waals surface area contributed by atoms with E-state index >= 15 is 0 Å². The van der Waals surface area contributed by atoms with Crippen LogP contribution in [0.4, 0.5) is 11.4 Å². The third kappa shape index (κ3) is 4.01. The van der Waals surface area contributed by atoms with Gasteiger partial charge in [0.25, 0.3) is 11.8 Å². The summed E-state index contributed by atoms with van der Waals surface area (Å²) < 4.78 is 10.8. The van der Waals surface area contributed by atoms with Crippen LogP contribution in [-0.2, 0) is 9.59 Å². The summed E-state index contributed by atoms with van der Waals surface area (Å²) in [4.78, 5) is 40.5. The van der Waals surface area contributed by atoms with Gasteiger partial charge in [-0.2, -0.15) is 0 Å². The lowest BCUT2D eigenvalue weighted by Crippen LogP contribution is -2.48. The molecule has 1 saturated carbocycles. The van der Waals surface area contributed by atoms with Crippen LogP contribution in [0.1, 0.15) is 42.5 Å². The number of hydrogen-bond acceptors (Lipinski definition) is 5. The molecule has 2 aromatic rings. The Hall–Kier alpha value is -3.55. The van der Waals surface area contributed by atoms with Crippen molar-refractivity contribution in [3.8, 4) is 11.5 Å². The zero-order chi connectivity index (χ0) is 22.9. The Kier molecular flexibility index (Phi) is 5.66. The number of nitrogens with one attached hydrogen (secondary N) is 2. The van der Waals surface area contributed by atoms with Crippen LogP contribution in [0.15, 0.2) is 42.5 Å². The third-order valence-corrected chi connectivity index (χ3v) is 6.84. The maximum Gasteiger partial charge on any atom is 0.262 e. The predicted molar refractivity (Wildman–Crippen MR) is 123 cm³/mol. The SMILES string of the molecule is COc1ccccc1C(=O)N1C(C(=O)Nc2ccc3c(c2)NC(=O)CO3)CC2CCCCC21. The molecule has 1 saturated heterocycles. The Labute approximate surface area is 192 Å². The molecular weight excluding hydrogens is 422 g/mol. The van der Waals surface area contributed by atoms with E-state index in [1.54, 1.807) is 42.3 Å². The van der Waals surface area contributed by atoms with Crippen molar-refractivity contribution in [1.29, 1.82) is 0 Å². The van der Waals surface area contributed by atoms with E-state index in [1.807, 2.05) is 12.1 Å². The van der Waals surface area contributed by atoms with E-state index in [1.165, 1.54) is 0 Å². The Morgan fingerprint density at radius 3 is 2.82 bits per heavy atom. The first-order valence-electron chi connectivity index (χ1n) is 11.4. The zero-order valence-corrected chi connectivity index (χ0v) is 18.5. The number of fused-ring (bicyclic) bond motifs is 2. The number of nitrogens with zero attached hydrogens (tertiary/aromatic N) is 1. The molecular formula is C25H27N3O5. The fourth-order valence-electron chi connectivity index (χ4n) is 5.33. The van der Waals surface area contributed by atoms with Gasteiger partial charge in [-0.3, -0.25) is 14.4 Å². The first-order chi connectivity index (χ1) is 16.0. The average Bonchev–Trinajstić information content (AvgIpc) is 3.23. The molecule has 2 fully saturated rings. The fourth-order valence-corrected chi connectivity index (χ4v) is 5.33. The zero-order valence-electron chi connectivity index (χ0n) is 18.5. The van der Waals surface area contributed by atoms with Crippen LogP contribution in [0.2, 0.25) is 0 Å². The number of para-hydroxylation sites is 1. The molecule has 3 aliphatic rings. The van der Waals surface area contributed by atoms with Gasteiger partial charge in [0.05, 0.1) is 18.4 Å². The lowest BCUT2D eigenvalue weighted by atomic mass is 9.84. The van der Waals surface area contributed by atoms with Gasteiger partial charge in [-0.1, -0.05) is 25.0 Å². The molecule has 172 valence electrons. The third-order valence-electron chi connectivity index (χ3n) is 6.84. The van der Waals surface area contributed by atoms with E-state index in [-0.39, 0.29) is 30.4 Å². The molecule has 2 aromatic carbocycles. The first kappa shape index (κ1) is 21.3. The summed E-state index contributed by atoms with van der Waals surface area (Å²) in [7, 11) is 1.54. The van der Waals surface area contributed by atoms with Crippen LogP contribution in [0, 0.1) is 5.92 Å². The van der Waals surface area contributed by atoms with Crippen molar-refractivity contribution in [2.75, 3.05) is 24.4 Å². The normalized spacial score (nSPS) is 23.6. The second-order valence-electron chi connectivity index (χ2n) is 8.81. The van der Waals surface area contributed by atoms with Gasteiger partial charge in [0.2, 0.25) is 5.91 Å². The minimum Gasteiger partial charge on any atom is -0.496 e. The number of anilines is 2. The number of methoxy groups -OCH3 is 1. The van der Waals surface area contributed by atoms with Crippen LogP contribution in [0.5, 0.6) is 11.5 Å². The number of amides is 3. The van der Waals surface area contributed by atoms with Crippen LogP contribution in [-0.4, -0.2) is 48.4 Å². The van der Waals surface area contributed by atoms with Gasteiger partial charge in [-0.15, -0.1) is 0 Å². The predicted octanol–water partition coefficient (Wildman–Crippen LogP) is 3.44. The highest BCUT2D eigenvalue weighted by Gasteiger charge is 2.48. The molecule has 8 nitrogen and oxygen atoms in total. The fraction of sp³-hybridized carbons (Fsp3) is 0.400. The summed E-state index contributed by atoms with van der Waals surface area (Å²) in [6.07, 6.45) is 4.73.